The molecule has 2 bridgehead atoms. The maximum absolute atomic E-state index is 13.7. The molecule has 0 spiro atoms. The second kappa shape index (κ2) is 3.25. The van der Waals surface area contributed by atoms with Crippen molar-refractivity contribution in [2.45, 2.75) is 24.7 Å². The van der Waals surface area contributed by atoms with Gasteiger partial charge in [-0.15, -0.1) is 0 Å². The molecule has 0 atom stereocenters. The zero-order valence-corrected chi connectivity index (χ0v) is 9.62. The van der Waals surface area contributed by atoms with Gasteiger partial charge in [0.25, 0.3) is 0 Å². The minimum Gasteiger partial charge on any atom is -0.319 e. The van der Waals surface area contributed by atoms with Gasteiger partial charge in [0.2, 0.25) is 0 Å². The second-order valence-corrected chi connectivity index (χ2v) is 5.59. The van der Waals surface area contributed by atoms with Gasteiger partial charge in [0.15, 0.2) is 11.6 Å². The van der Waals surface area contributed by atoms with E-state index < -0.39 is 17.5 Å². The molecular weight excluding hydrogens is 227 g/mol. The Kier molecular flexibility index (Phi) is 2.12. The van der Waals surface area contributed by atoms with Crippen molar-refractivity contribution in [3.05, 3.63) is 35.1 Å². The van der Waals surface area contributed by atoms with Gasteiger partial charge in [-0.2, -0.15) is 0 Å². The van der Waals surface area contributed by atoms with E-state index in [2.05, 4.69) is 5.32 Å². The highest BCUT2D eigenvalue weighted by Gasteiger charge is 2.68. The van der Waals surface area contributed by atoms with Crippen LogP contribution in [0.25, 0.3) is 0 Å². The highest BCUT2D eigenvalue weighted by Crippen LogP contribution is 2.73. The second-order valence-electron chi connectivity index (χ2n) is 5.59. The molecule has 92 valence electrons. The quantitative estimate of drug-likeness (QED) is 0.802. The van der Waals surface area contributed by atoms with E-state index in [0.717, 1.165) is 31.9 Å². The molecule has 1 N–H and O–H groups in total. The maximum atomic E-state index is 13.7. The van der Waals surface area contributed by atoms with Crippen molar-refractivity contribution in [1.29, 1.82) is 0 Å². The first kappa shape index (κ1) is 11.1. The highest BCUT2D eigenvalue weighted by molar-refractivity contribution is 5.40. The largest absolute Gasteiger partial charge is 0.319 e. The van der Waals surface area contributed by atoms with Crippen molar-refractivity contribution in [2.24, 2.45) is 5.41 Å². The monoisotopic (exact) mass is 241 g/mol. The third-order valence-electron chi connectivity index (χ3n) is 4.27. The zero-order chi connectivity index (χ0) is 12.3. The Labute approximate surface area is 98.0 Å². The predicted octanol–water partition coefficient (Wildman–Crippen LogP) is 2.75. The van der Waals surface area contributed by atoms with Crippen LogP contribution in [-0.2, 0) is 5.41 Å². The van der Waals surface area contributed by atoms with Gasteiger partial charge in [0.05, 0.1) is 0 Å². The lowest BCUT2D eigenvalue weighted by molar-refractivity contribution is -0.138. The molecule has 0 saturated heterocycles. The van der Waals surface area contributed by atoms with Gasteiger partial charge in [0.1, 0.15) is 5.82 Å². The summed E-state index contributed by atoms with van der Waals surface area (Å²) in [6, 6.07) is 1.70. The summed E-state index contributed by atoms with van der Waals surface area (Å²) in [5.74, 6) is -2.67. The van der Waals surface area contributed by atoms with Crippen LogP contribution in [0, 0.1) is 22.9 Å². The summed E-state index contributed by atoms with van der Waals surface area (Å²) in [7, 11) is 1.89. The van der Waals surface area contributed by atoms with Crippen molar-refractivity contribution >= 4 is 0 Å². The number of hydrogen-bond acceptors (Lipinski definition) is 1. The van der Waals surface area contributed by atoms with Crippen LogP contribution >= 0.6 is 0 Å². The van der Waals surface area contributed by atoms with Crippen molar-refractivity contribution < 1.29 is 13.2 Å². The molecule has 0 aromatic heterocycles. The molecule has 3 aliphatic carbocycles. The third-order valence-corrected chi connectivity index (χ3v) is 4.27. The molecule has 17 heavy (non-hydrogen) atoms. The molecule has 3 saturated carbocycles. The molecule has 0 radical (unpaired) electrons. The summed E-state index contributed by atoms with van der Waals surface area (Å²) >= 11 is 0. The lowest BCUT2D eigenvalue weighted by Gasteiger charge is -2.71. The van der Waals surface area contributed by atoms with Gasteiger partial charge in [-0.3, -0.25) is 0 Å². The number of hydrogen-bond donors (Lipinski definition) is 1. The zero-order valence-electron chi connectivity index (χ0n) is 9.62. The fourth-order valence-corrected chi connectivity index (χ4v) is 3.78. The number of nitrogens with one attached hydrogen (secondary N) is 1. The number of halogens is 3. The molecule has 1 aromatic carbocycles. The van der Waals surface area contributed by atoms with Crippen LogP contribution in [-0.4, -0.2) is 13.6 Å². The van der Waals surface area contributed by atoms with Crippen molar-refractivity contribution in [3.63, 3.8) is 0 Å². The van der Waals surface area contributed by atoms with Gasteiger partial charge < -0.3 is 5.32 Å². The van der Waals surface area contributed by atoms with Crippen LogP contribution in [0.4, 0.5) is 13.2 Å². The van der Waals surface area contributed by atoms with Crippen LogP contribution in [0.1, 0.15) is 24.8 Å². The predicted molar refractivity (Wildman–Crippen MR) is 58.2 cm³/mol. The summed E-state index contributed by atoms with van der Waals surface area (Å²) in [6.45, 7) is 0.917. The summed E-state index contributed by atoms with van der Waals surface area (Å²) in [5, 5.41) is 3.12. The molecular formula is C13H14F3N. The molecule has 4 rings (SSSR count). The lowest BCUT2D eigenvalue weighted by atomic mass is 9.33. The fraction of sp³-hybridized carbons (Fsp3) is 0.538. The topological polar surface area (TPSA) is 12.0 Å². The molecule has 0 amide bonds. The van der Waals surface area contributed by atoms with Crippen LogP contribution in [0.5, 0.6) is 0 Å². The van der Waals surface area contributed by atoms with E-state index in [9.17, 15) is 13.2 Å². The molecule has 0 aliphatic heterocycles. The van der Waals surface area contributed by atoms with Crippen molar-refractivity contribution in [3.8, 4) is 0 Å². The molecule has 1 aromatic rings. The maximum Gasteiger partial charge on any atom is 0.161 e. The smallest absolute Gasteiger partial charge is 0.161 e. The van der Waals surface area contributed by atoms with E-state index in [0.29, 0.717) is 11.6 Å². The van der Waals surface area contributed by atoms with Crippen LogP contribution in [0.3, 0.4) is 0 Å². The molecule has 1 nitrogen and oxygen atoms in total. The van der Waals surface area contributed by atoms with Crippen molar-refractivity contribution in [1.82, 2.24) is 5.32 Å². The Morgan fingerprint density at radius 3 is 2.24 bits per heavy atom. The molecule has 4 heteroatoms. The van der Waals surface area contributed by atoms with Gasteiger partial charge in [0, 0.05) is 18.0 Å². The first-order chi connectivity index (χ1) is 8.00. The third kappa shape index (κ3) is 1.36. The average molecular weight is 241 g/mol. The Bertz CT molecular complexity index is 464. The Morgan fingerprint density at radius 2 is 1.65 bits per heavy atom. The summed E-state index contributed by atoms with van der Waals surface area (Å²) in [4.78, 5) is 0. The van der Waals surface area contributed by atoms with Crippen LogP contribution < -0.4 is 5.32 Å². The van der Waals surface area contributed by atoms with E-state index in [1.54, 1.807) is 0 Å². The minimum absolute atomic E-state index is 0.227. The normalized spacial score (nSPS) is 34.1. The van der Waals surface area contributed by atoms with Gasteiger partial charge in [-0.05, 0) is 43.4 Å². The van der Waals surface area contributed by atoms with E-state index in [4.69, 9.17) is 0 Å². The van der Waals surface area contributed by atoms with E-state index in [1.165, 1.54) is 0 Å². The van der Waals surface area contributed by atoms with Gasteiger partial charge >= 0.3 is 0 Å². The van der Waals surface area contributed by atoms with Crippen molar-refractivity contribution in [2.75, 3.05) is 13.6 Å². The molecule has 0 heterocycles. The molecule has 0 unspecified atom stereocenters. The summed E-state index contributed by atoms with van der Waals surface area (Å²) < 4.78 is 39.7. The van der Waals surface area contributed by atoms with E-state index >= 15 is 0 Å². The average Bonchev–Trinajstić information content (AvgIpc) is 2.16. The Morgan fingerprint density at radius 1 is 1.06 bits per heavy atom. The van der Waals surface area contributed by atoms with Crippen LogP contribution in [0.15, 0.2) is 12.1 Å². The lowest BCUT2D eigenvalue weighted by Crippen LogP contribution is -2.67. The Hall–Kier alpha value is -1.03. The first-order valence-corrected chi connectivity index (χ1v) is 5.80. The summed E-state index contributed by atoms with van der Waals surface area (Å²) in [6.07, 6.45) is 2.63. The molecule has 3 aliphatic rings. The fourth-order valence-electron chi connectivity index (χ4n) is 3.78. The highest BCUT2D eigenvalue weighted by atomic mass is 19.2. The number of benzene rings is 1. The van der Waals surface area contributed by atoms with Gasteiger partial charge in [-0.1, -0.05) is 0 Å². The number of rotatable bonds is 3. The summed E-state index contributed by atoms with van der Waals surface area (Å²) in [5.41, 5.74) is 0.399. The van der Waals surface area contributed by atoms with Gasteiger partial charge in [-0.25, -0.2) is 13.2 Å². The van der Waals surface area contributed by atoms with E-state index in [1.807, 2.05) is 7.05 Å². The first-order valence-electron chi connectivity index (χ1n) is 5.80. The Balaban J connectivity index is 1.87. The SMILES string of the molecule is CNCC12CC(c3cc(F)c(F)cc3F)(C1)C2. The minimum atomic E-state index is -1.11. The molecule has 3 fully saturated rings. The van der Waals surface area contributed by atoms with Crippen LogP contribution in [0.2, 0.25) is 0 Å². The van der Waals surface area contributed by atoms with E-state index in [-0.39, 0.29) is 10.8 Å². The standard InChI is InChI=1S/C13H14F3N/c1-17-7-12-4-13(5-12,6-12)8-2-10(15)11(16)3-9(8)14/h2-3,17H,4-7H2,1H3.